The standard InChI is InChI=1S/C24H44O12/c1-2-5-23(27)35-20-18-33-16-14-31-12-10-29-8-9-30-11-13-32-15-17-34-19-21-36-24(28)7-4-3-6-22(25)26/h2-21H2,1H3,(H,25,26). The lowest BCUT2D eigenvalue weighted by molar-refractivity contribution is -0.146. The minimum atomic E-state index is -0.864. The summed E-state index contributed by atoms with van der Waals surface area (Å²) in [5.41, 5.74) is 0. The summed E-state index contributed by atoms with van der Waals surface area (Å²) in [6.45, 7) is 7.42. The molecule has 212 valence electrons. The molecule has 12 heteroatoms. The molecule has 0 aliphatic heterocycles. The van der Waals surface area contributed by atoms with Crippen LogP contribution in [-0.4, -0.2) is 116 Å². The summed E-state index contributed by atoms with van der Waals surface area (Å²) in [4.78, 5) is 32.9. The number of unbranched alkanes of at least 4 members (excludes halogenated alkanes) is 1. The fourth-order valence-corrected chi connectivity index (χ4v) is 2.52. The van der Waals surface area contributed by atoms with Crippen LogP contribution >= 0.6 is 0 Å². The van der Waals surface area contributed by atoms with Crippen molar-refractivity contribution in [2.24, 2.45) is 0 Å². The number of esters is 2. The Labute approximate surface area is 213 Å². The zero-order chi connectivity index (χ0) is 26.5. The van der Waals surface area contributed by atoms with E-state index >= 15 is 0 Å². The van der Waals surface area contributed by atoms with Crippen molar-refractivity contribution in [2.75, 3.05) is 92.5 Å². The molecule has 0 fully saturated rings. The zero-order valence-corrected chi connectivity index (χ0v) is 21.6. The number of carbonyl (C=O) groups is 3. The second-order valence-electron chi connectivity index (χ2n) is 7.47. The highest BCUT2D eigenvalue weighted by Crippen LogP contribution is 2.01. The lowest BCUT2D eigenvalue weighted by Crippen LogP contribution is -2.15. The maximum absolute atomic E-state index is 11.4. The molecular weight excluding hydrogens is 480 g/mol. The Bertz CT molecular complexity index is 529. The first-order valence-electron chi connectivity index (χ1n) is 12.6. The normalized spacial score (nSPS) is 10.9. The molecule has 36 heavy (non-hydrogen) atoms. The first kappa shape index (κ1) is 34.2. The van der Waals surface area contributed by atoms with Crippen LogP contribution in [0.5, 0.6) is 0 Å². The molecule has 12 nitrogen and oxygen atoms in total. The van der Waals surface area contributed by atoms with Gasteiger partial charge in [-0.15, -0.1) is 0 Å². The van der Waals surface area contributed by atoms with E-state index in [1.165, 1.54) is 0 Å². The van der Waals surface area contributed by atoms with Gasteiger partial charge in [0.05, 0.1) is 79.3 Å². The molecule has 0 aromatic carbocycles. The Morgan fingerprint density at radius 3 is 1.11 bits per heavy atom. The number of carboxylic acid groups (broad SMARTS) is 1. The van der Waals surface area contributed by atoms with Crippen LogP contribution in [-0.2, 0) is 52.3 Å². The van der Waals surface area contributed by atoms with Crippen LogP contribution in [0, 0.1) is 0 Å². The van der Waals surface area contributed by atoms with Crippen LogP contribution < -0.4 is 0 Å². The highest BCUT2D eigenvalue weighted by molar-refractivity contribution is 5.70. The van der Waals surface area contributed by atoms with E-state index in [-0.39, 0.29) is 44.6 Å². The Morgan fingerprint density at radius 1 is 0.472 bits per heavy atom. The largest absolute Gasteiger partial charge is 0.481 e. The minimum Gasteiger partial charge on any atom is -0.481 e. The van der Waals surface area contributed by atoms with Gasteiger partial charge in [0.2, 0.25) is 0 Å². The van der Waals surface area contributed by atoms with E-state index in [4.69, 9.17) is 43.0 Å². The summed E-state index contributed by atoms with van der Waals surface area (Å²) in [6, 6.07) is 0. The molecule has 0 aromatic heterocycles. The van der Waals surface area contributed by atoms with Gasteiger partial charge in [-0.1, -0.05) is 6.92 Å². The van der Waals surface area contributed by atoms with Crippen molar-refractivity contribution in [1.29, 1.82) is 0 Å². The molecule has 0 spiro atoms. The van der Waals surface area contributed by atoms with Gasteiger partial charge in [0.15, 0.2) is 0 Å². The SMILES string of the molecule is CCCC(=O)OCCOCCOCCOCCOCCOCCOCCOC(=O)CCCCC(=O)O. The maximum Gasteiger partial charge on any atom is 0.305 e. The molecule has 0 saturated carbocycles. The van der Waals surface area contributed by atoms with Gasteiger partial charge in [0.1, 0.15) is 13.2 Å². The van der Waals surface area contributed by atoms with Gasteiger partial charge in [-0.05, 0) is 19.3 Å². The topological polar surface area (TPSA) is 145 Å². The number of aliphatic carboxylic acids is 1. The maximum atomic E-state index is 11.4. The van der Waals surface area contributed by atoms with Gasteiger partial charge in [0, 0.05) is 19.3 Å². The second kappa shape index (κ2) is 27.8. The highest BCUT2D eigenvalue weighted by Gasteiger charge is 2.04. The lowest BCUT2D eigenvalue weighted by atomic mass is 10.2. The molecule has 0 unspecified atom stereocenters. The van der Waals surface area contributed by atoms with E-state index in [0.717, 1.165) is 6.42 Å². The Kier molecular flexibility index (Phi) is 26.3. The Morgan fingerprint density at radius 2 is 0.778 bits per heavy atom. The quantitative estimate of drug-likeness (QED) is 0.117. The van der Waals surface area contributed by atoms with Crippen LogP contribution in [0.4, 0.5) is 0 Å². The second-order valence-corrected chi connectivity index (χ2v) is 7.47. The monoisotopic (exact) mass is 524 g/mol. The molecule has 0 amide bonds. The van der Waals surface area contributed by atoms with E-state index in [1.807, 2.05) is 6.92 Å². The molecule has 0 aliphatic carbocycles. The minimum absolute atomic E-state index is 0.0606. The van der Waals surface area contributed by atoms with Crippen LogP contribution in [0.15, 0.2) is 0 Å². The molecule has 0 aromatic rings. The van der Waals surface area contributed by atoms with Crippen molar-refractivity contribution in [3.8, 4) is 0 Å². The fourth-order valence-electron chi connectivity index (χ4n) is 2.52. The summed E-state index contributed by atoms with van der Waals surface area (Å²) < 4.78 is 42.1. The molecule has 0 aliphatic rings. The fraction of sp³-hybridized carbons (Fsp3) is 0.875. The zero-order valence-electron chi connectivity index (χ0n) is 21.6. The number of hydrogen-bond acceptors (Lipinski definition) is 11. The molecule has 0 radical (unpaired) electrons. The number of carbonyl (C=O) groups excluding carboxylic acids is 2. The average Bonchev–Trinajstić information content (AvgIpc) is 2.85. The van der Waals surface area contributed by atoms with Gasteiger partial charge >= 0.3 is 17.9 Å². The average molecular weight is 525 g/mol. The van der Waals surface area contributed by atoms with Gasteiger partial charge in [0.25, 0.3) is 0 Å². The van der Waals surface area contributed by atoms with Crippen molar-refractivity contribution in [3.63, 3.8) is 0 Å². The first-order valence-corrected chi connectivity index (χ1v) is 12.6. The Balaban J connectivity index is 3.13. The van der Waals surface area contributed by atoms with Crippen LogP contribution in [0.1, 0.15) is 45.4 Å². The van der Waals surface area contributed by atoms with Crippen LogP contribution in [0.2, 0.25) is 0 Å². The van der Waals surface area contributed by atoms with Crippen molar-refractivity contribution in [1.82, 2.24) is 0 Å². The van der Waals surface area contributed by atoms with Crippen LogP contribution in [0.3, 0.4) is 0 Å². The predicted molar refractivity (Wildman–Crippen MR) is 128 cm³/mol. The molecule has 0 bridgehead atoms. The molecular formula is C24H44O12. The van der Waals surface area contributed by atoms with E-state index in [1.54, 1.807) is 0 Å². The third kappa shape index (κ3) is 28.4. The van der Waals surface area contributed by atoms with E-state index < -0.39 is 5.97 Å². The van der Waals surface area contributed by atoms with E-state index in [9.17, 15) is 14.4 Å². The molecule has 1 N–H and O–H groups in total. The van der Waals surface area contributed by atoms with Crippen molar-refractivity contribution >= 4 is 17.9 Å². The summed E-state index contributed by atoms with van der Waals surface area (Å²) in [7, 11) is 0. The summed E-state index contributed by atoms with van der Waals surface area (Å²) in [6.07, 6.45) is 2.45. The van der Waals surface area contributed by atoms with Gasteiger partial charge in [-0.2, -0.15) is 0 Å². The third-order valence-electron chi connectivity index (χ3n) is 4.32. The van der Waals surface area contributed by atoms with Crippen LogP contribution in [0.25, 0.3) is 0 Å². The van der Waals surface area contributed by atoms with E-state index in [2.05, 4.69) is 0 Å². The van der Waals surface area contributed by atoms with E-state index in [0.29, 0.717) is 91.9 Å². The summed E-state index contributed by atoms with van der Waals surface area (Å²) in [5, 5.41) is 8.52. The smallest absolute Gasteiger partial charge is 0.305 e. The molecule has 0 heterocycles. The summed E-state index contributed by atoms with van der Waals surface area (Å²) >= 11 is 0. The highest BCUT2D eigenvalue weighted by atomic mass is 16.6. The van der Waals surface area contributed by atoms with Crippen molar-refractivity contribution < 1.29 is 57.4 Å². The summed E-state index contributed by atoms with van der Waals surface area (Å²) in [5.74, 6) is -1.41. The van der Waals surface area contributed by atoms with Crippen molar-refractivity contribution in [3.05, 3.63) is 0 Å². The lowest BCUT2D eigenvalue weighted by Gasteiger charge is -2.08. The van der Waals surface area contributed by atoms with Gasteiger partial charge < -0.3 is 43.0 Å². The molecule has 0 atom stereocenters. The number of ether oxygens (including phenoxy) is 8. The van der Waals surface area contributed by atoms with Crippen molar-refractivity contribution in [2.45, 2.75) is 45.4 Å². The van der Waals surface area contributed by atoms with Gasteiger partial charge in [-0.25, -0.2) is 0 Å². The Hall–Kier alpha value is -1.83. The van der Waals surface area contributed by atoms with Gasteiger partial charge in [-0.3, -0.25) is 14.4 Å². The molecule has 0 saturated heterocycles. The molecule has 0 rings (SSSR count). The number of carboxylic acids is 1. The third-order valence-corrected chi connectivity index (χ3v) is 4.32. The number of hydrogen-bond donors (Lipinski definition) is 1. The first-order chi connectivity index (χ1) is 17.6. The predicted octanol–water partition coefficient (Wildman–Crippen LogP) is 1.62. The number of rotatable bonds is 28.